The van der Waals surface area contributed by atoms with Crippen LogP contribution in [0.4, 0.5) is 0 Å². The van der Waals surface area contributed by atoms with Gasteiger partial charge in [0.15, 0.2) is 9.84 Å². The molecule has 1 aromatic carbocycles. The van der Waals surface area contributed by atoms with E-state index in [9.17, 15) is 8.42 Å². The Labute approximate surface area is 142 Å². The van der Waals surface area contributed by atoms with Crippen LogP contribution in [-0.4, -0.2) is 36.6 Å². The number of methoxy groups -OCH3 is 1. The summed E-state index contributed by atoms with van der Waals surface area (Å²) in [4.78, 5) is 4.53. The van der Waals surface area contributed by atoms with Crippen molar-refractivity contribution in [3.8, 4) is 17.1 Å². The fourth-order valence-corrected chi connectivity index (χ4v) is 5.79. The lowest BCUT2D eigenvalue weighted by Gasteiger charge is -2.15. The summed E-state index contributed by atoms with van der Waals surface area (Å²) in [7, 11) is -1.16. The number of sulfone groups is 1. The van der Waals surface area contributed by atoms with Crippen LogP contribution in [0.25, 0.3) is 11.4 Å². The second-order valence-corrected chi connectivity index (χ2v) is 9.08. The average molecular weight is 346 g/mol. The van der Waals surface area contributed by atoms with Crippen molar-refractivity contribution in [2.75, 3.05) is 18.6 Å². The molecule has 2 heterocycles. The first-order valence-electron chi connectivity index (χ1n) is 8.47. The topological polar surface area (TPSA) is 61.2 Å². The van der Waals surface area contributed by atoms with E-state index >= 15 is 0 Å². The Morgan fingerprint density at radius 2 is 2.08 bits per heavy atom. The summed E-state index contributed by atoms with van der Waals surface area (Å²) in [6, 6.07) is 4.34. The molecule has 6 heteroatoms. The number of ether oxygens (including phenoxy) is 1. The smallest absolute Gasteiger partial charge is 0.150 e. The molecule has 24 heavy (non-hydrogen) atoms. The van der Waals surface area contributed by atoms with E-state index < -0.39 is 9.84 Å². The molecule has 0 unspecified atom stereocenters. The van der Waals surface area contributed by atoms with Crippen molar-refractivity contribution in [1.29, 1.82) is 0 Å². The van der Waals surface area contributed by atoms with E-state index in [0.29, 0.717) is 12.3 Å². The highest BCUT2D eigenvalue weighted by atomic mass is 32.2. The first-order valence-corrected chi connectivity index (χ1v) is 10.3. The zero-order valence-electron chi connectivity index (χ0n) is 13.9. The van der Waals surface area contributed by atoms with Crippen LogP contribution in [0.3, 0.4) is 0 Å². The molecule has 1 saturated heterocycles. The molecule has 2 aliphatic rings. The SMILES string of the molecule is COc1cc2c(cc1-c1nccn1C[C@H]1CCS(=O)(=O)C1)CCC2. The molecule has 4 rings (SSSR count). The lowest BCUT2D eigenvalue weighted by atomic mass is 10.0. The number of nitrogens with zero attached hydrogens (tertiary/aromatic N) is 2. The van der Waals surface area contributed by atoms with Gasteiger partial charge in [-0.3, -0.25) is 0 Å². The Kier molecular flexibility index (Phi) is 3.87. The molecule has 0 saturated carbocycles. The van der Waals surface area contributed by atoms with E-state index in [1.807, 2.05) is 6.20 Å². The fraction of sp³-hybridized carbons (Fsp3) is 0.500. The van der Waals surface area contributed by atoms with Crippen molar-refractivity contribution in [3.05, 3.63) is 35.7 Å². The minimum atomic E-state index is -2.86. The highest BCUT2D eigenvalue weighted by Crippen LogP contribution is 2.36. The molecule has 1 fully saturated rings. The van der Waals surface area contributed by atoms with E-state index in [-0.39, 0.29) is 11.7 Å². The van der Waals surface area contributed by atoms with Crippen LogP contribution in [0.15, 0.2) is 24.5 Å². The molecular weight excluding hydrogens is 324 g/mol. The summed E-state index contributed by atoms with van der Waals surface area (Å²) < 4.78 is 31.1. The van der Waals surface area contributed by atoms with Crippen molar-refractivity contribution < 1.29 is 13.2 Å². The molecule has 1 atom stereocenters. The first kappa shape index (κ1) is 15.7. The maximum Gasteiger partial charge on any atom is 0.150 e. The van der Waals surface area contributed by atoms with Gasteiger partial charge in [-0.05, 0) is 54.9 Å². The van der Waals surface area contributed by atoms with Crippen molar-refractivity contribution in [3.63, 3.8) is 0 Å². The number of fused-ring (bicyclic) bond motifs is 1. The number of aromatic nitrogens is 2. The first-order chi connectivity index (χ1) is 11.6. The average Bonchev–Trinajstić information content (AvgIpc) is 3.25. The van der Waals surface area contributed by atoms with Crippen LogP contribution >= 0.6 is 0 Å². The van der Waals surface area contributed by atoms with Crippen LogP contribution in [0.2, 0.25) is 0 Å². The number of rotatable bonds is 4. The van der Waals surface area contributed by atoms with Crippen molar-refractivity contribution in [2.24, 2.45) is 5.92 Å². The van der Waals surface area contributed by atoms with Gasteiger partial charge in [0.25, 0.3) is 0 Å². The predicted octanol–water partition coefficient (Wildman–Crippen LogP) is 2.48. The van der Waals surface area contributed by atoms with Crippen LogP contribution in [0.5, 0.6) is 5.75 Å². The molecule has 0 amide bonds. The maximum absolute atomic E-state index is 11.7. The Balaban J connectivity index is 1.68. The minimum Gasteiger partial charge on any atom is -0.496 e. The van der Waals surface area contributed by atoms with Gasteiger partial charge in [0.05, 0.1) is 24.2 Å². The number of hydrogen-bond acceptors (Lipinski definition) is 4. The molecule has 0 spiro atoms. The predicted molar refractivity (Wildman–Crippen MR) is 93.0 cm³/mol. The van der Waals surface area contributed by atoms with Crippen LogP contribution < -0.4 is 4.74 Å². The molecule has 128 valence electrons. The second kappa shape index (κ2) is 5.92. The number of imidazole rings is 1. The lowest BCUT2D eigenvalue weighted by molar-refractivity contribution is 0.415. The molecule has 0 N–H and O–H groups in total. The Bertz CT molecular complexity index is 870. The molecule has 2 aromatic rings. The standard InChI is InChI=1S/C18H22N2O3S/c1-23-17-10-15-4-2-3-14(15)9-16(17)18-19-6-7-20(18)11-13-5-8-24(21,22)12-13/h6-7,9-10,13H,2-5,8,11-12H2,1H3/t13-/m1/s1. The fourth-order valence-electron chi connectivity index (χ4n) is 3.94. The van der Waals surface area contributed by atoms with E-state index in [1.54, 1.807) is 13.3 Å². The summed E-state index contributed by atoms with van der Waals surface area (Å²) in [6.07, 6.45) is 7.87. The molecule has 0 bridgehead atoms. The summed E-state index contributed by atoms with van der Waals surface area (Å²) in [5, 5.41) is 0. The van der Waals surface area contributed by atoms with Gasteiger partial charge in [-0.1, -0.05) is 0 Å². The van der Waals surface area contributed by atoms with Crippen LogP contribution in [0.1, 0.15) is 24.0 Å². The van der Waals surface area contributed by atoms with Crippen LogP contribution in [0, 0.1) is 5.92 Å². The third-order valence-corrected chi connectivity index (χ3v) is 6.99. The second-order valence-electron chi connectivity index (χ2n) is 6.85. The van der Waals surface area contributed by atoms with Crippen molar-refractivity contribution in [1.82, 2.24) is 9.55 Å². The quantitative estimate of drug-likeness (QED) is 0.853. The Hall–Kier alpha value is -1.82. The van der Waals surface area contributed by atoms with Gasteiger partial charge in [0, 0.05) is 18.9 Å². The van der Waals surface area contributed by atoms with Gasteiger partial charge in [0.2, 0.25) is 0 Å². The summed E-state index contributed by atoms with van der Waals surface area (Å²) >= 11 is 0. The molecule has 5 nitrogen and oxygen atoms in total. The summed E-state index contributed by atoms with van der Waals surface area (Å²) in [6.45, 7) is 0.689. The van der Waals surface area contributed by atoms with Gasteiger partial charge in [-0.2, -0.15) is 0 Å². The maximum atomic E-state index is 11.7. The van der Waals surface area contributed by atoms with Gasteiger partial charge in [-0.25, -0.2) is 13.4 Å². The summed E-state index contributed by atoms with van der Waals surface area (Å²) in [5.74, 6) is 2.48. The van der Waals surface area contributed by atoms with E-state index in [2.05, 4.69) is 21.7 Å². The van der Waals surface area contributed by atoms with Gasteiger partial charge in [-0.15, -0.1) is 0 Å². The van der Waals surface area contributed by atoms with Crippen LogP contribution in [-0.2, 0) is 29.2 Å². The van der Waals surface area contributed by atoms with Crippen molar-refractivity contribution >= 4 is 9.84 Å². The van der Waals surface area contributed by atoms with E-state index in [4.69, 9.17) is 4.74 Å². The van der Waals surface area contributed by atoms with Gasteiger partial charge in [0.1, 0.15) is 11.6 Å². The number of hydrogen-bond donors (Lipinski definition) is 0. The normalized spacial score (nSPS) is 21.8. The van der Waals surface area contributed by atoms with E-state index in [1.165, 1.54) is 17.5 Å². The minimum absolute atomic E-state index is 0.170. The Morgan fingerprint density at radius 3 is 2.79 bits per heavy atom. The lowest BCUT2D eigenvalue weighted by Crippen LogP contribution is -2.13. The molecule has 1 aliphatic heterocycles. The van der Waals surface area contributed by atoms with E-state index in [0.717, 1.165) is 36.4 Å². The molecule has 1 aliphatic carbocycles. The zero-order chi connectivity index (χ0) is 16.7. The largest absolute Gasteiger partial charge is 0.496 e. The number of aryl methyl sites for hydroxylation is 2. The number of benzene rings is 1. The molecular formula is C18H22N2O3S. The van der Waals surface area contributed by atoms with Gasteiger partial charge < -0.3 is 9.30 Å². The molecule has 0 radical (unpaired) electrons. The Morgan fingerprint density at radius 1 is 1.29 bits per heavy atom. The highest BCUT2D eigenvalue weighted by molar-refractivity contribution is 7.91. The highest BCUT2D eigenvalue weighted by Gasteiger charge is 2.29. The third kappa shape index (κ3) is 2.83. The summed E-state index contributed by atoms with van der Waals surface area (Å²) in [5.41, 5.74) is 3.75. The van der Waals surface area contributed by atoms with Gasteiger partial charge >= 0.3 is 0 Å². The third-order valence-electron chi connectivity index (χ3n) is 5.15. The monoisotopic (exact) mass is 346 g/mol. The zero-order valence-corrected chi connectivity index (χ0v) is 14.7. The molecule has 1 aromatic heterocycles. The van der Waals surface area contributed by atoms with Crippen molar-refractivity contribution in [2.45, 2.75) is 32.2 Å².